The van der Waals surface area contributed by atoms with Gasteiger partial charge in [-0.1, -0.05) is 5.16 Å². The first-order chi connectivity index (χ1) is 13.2. The van der Waals surface area contributed by atoms with Crippen LogP contribution in [0.4, 0.5) is 5.95 Å². The lowest BCUT2D eigenvalue weighted by Gasteiger charge is -2.31. The number of amides is 1. The van der Waals surface area contributed by atoms with Gasteiger partial charge < -0.3 is 15.2 Å². The minimum absolute atomic E-state index is 0.0895. The van der Waals surface area contributed by atoms with Crippen molar-refractivity contribution in [2.24, 2.45) is 0 Å². The minimum Gasteiger partial charge on any atom is -0.367 e. The second kappa shape index (κ2) is 7.52. The maximum absolute atomic E-state index is 12.5. The number of carbonyl (C=O) groups is 1. The number of likely N-dealkylation sites (tertiary alicyclic amines) is 1. The molecule has 10 heteroatoms. The van der Waals surface area contributed by atoms with E-state index in [1.807, 2.05) is 17.0 Å². The van der Waals surface area contributed by atoms with Crippen molar-refractivity contribution < 1.29 is 9.32 Å². The molecule has 0 saturated carbocycles. The second-order valence-electron chi connectivity index (χ2n) is 6.49. The third kappa shape index (κ3) is 3.94. The van der Waals surface area contributed by atoms with Crippen LogP contribution in [0, 0.1) is 0 Å². The molecule has 10 nitrogen and oxygen atoms in total. The largest absolute Gasteiger partial charge is 0.367 e. The molecule has 0 unspecified atom stereocenters. The summed E-state index contributed by atoms with van der Waals surface area (Å²) >= 11 is 0. The lowest BCUT2D eigenvalue weighted by atomic mass is 9.96. The molecule has 4 rings (SSSR count). The van der Waals surface area contributed by atoms with Crippen molar-refractivity contribution in [2.45, 2.75) is 31.6 Å². The molecule has 27 heavy (non-hydrogen) atoms. The van der Waals surface area contributed by atoms with Crippen molar-refractivity contribution in [3.05, 3.63) is 36.2 Å². The van der Waals surface area contributed by atoms with Crippen LogP contribution in [0.15, 0.2) is 29.0 Å². The number of H-pyrrole nitrogens is 1. The van der Waals surface area contributed by atoms with E-state index in [4.69, 9.17) is 10.3 Å². The van der Waals surface area contributed by atoms with E-state index in [9.17, 15) is 4.79 Å². The van der Waals surface area contributed by atoms with Crippen molar-refractivity contribution >= 4 is 11.9 Å². The Balaban J connectivity index is 1.27. The Morgan fingerprint density at radius 1 is 1.33 bits per heavy atom. The average molecular weight is 368 g/mol. The molecule has 3 aromatic heterocycles. The van der Waals surface area contributed by atoms with Gasteiger partial charge in [0.2, 0.25) is 23.6 Å². The molecular weight excluding hydrogens is 348 g/mol. The number of piperidine rings is 1. The van der Waals surface area contributed by atoms with Crippen molar-refractivity contribution in [3.8, 4) is 11.4 Å². The predicted octanol–water partition coefficient (Wildman–Crippen LogP) is 1.17. The number of nitrogens with two attached hydrogens (primary N) is 1. The quantitative estimate of drug-likeness (QED) is 0.684. The molecule has 0 aliphatic carbocycles. The van der Waals surface area contributed by atoms with Crippen LogP contribution in [0.25, 0.3) is 11.4 Å². The summed E-state index contributed by atoms with van der Waals surface area (Å²) in [5.74, 6) is 2.34. The van der Waals surface area contributed by atoms with Crippen LogP contribution in [0.5, 0.6) is 0 Å². The number of aromatic amines is 1. The number of aromatic nitrogens is 6. The maximum atomic E-state index is 12.5. The van der Waals surface area contributed by atoms with Crippen LogP contribution in [-0.4, -0.2) is 54.2 Å². The molecule has 0 radical (unpaired) electrons. The zero-order valence-corrected chi connectivity index (χ0v) is 14.7. The van der Waals surface area contributed by atoms with Gasteiger partial charge in [0, 0.05) is 49.8 Å². The Bertz CT molecular complexity index is 899. The predicted molar refractivity (Wildman–Crippen MR) is 95.2 cm³/mol. The highest BCUT2D eigenvalue weighted by Crippen LogP contribution is 2.26. The van der Waals surface area contributed by atoms with Gasteiger partial charge in [-0.05, 0) is 25.0 Å². The fraction of sp³-hybridized carbons (Fsp3) is 0.412. The van der Waals surface area contributed by atoms with Gasteiger partial charge in [0.15, 0.2) is 0 Å². The topological polar surface area (TPSA) is 140 Å². The maximum Gasteiger partial charge on any atom is 0.239 e. The Labute approximate surface area is 155 Å². The van der Waals surface area contributed by atoms with E-state index in [-0.39, 0.29) is 17.8 Å². The van der Waals surface area contributed by atoms with Crippen LogP contribution in [-0.2, 0) is 11.2 Å². The molecule has 140 valence electrons. The molecule has 0 spiro atoms. The van der Waals surface area contributed by atoms with Gasteiger partial charge in [0.05, 0.1) is 0 Å². The summed E-state index contributed by atoms with van der Waals surface area (Å²) in [6, 6.07) is 3.67. The summed E-state index contributed by atoms with van der Waals surface area (Å²) in [7, 11) is 0. The SMILES string of the molecule is Nc1n[nH]c(C2CCN(C(=O)CCc3nc(-c4cccnc4)no3)CC2)n1. The van der Waals surface area contributed by atoms with Gasteiger partial charge in [-0.3, -0.25) is 14.9 Å². The Hall–Kier alpha value is -3.30. The number of nitrogens with zero attached hydrogens (tertiary/aromatic N) is 6. The molecular formula is C17H20N8O2. The Morgan fingerprint density at radius 3 is 2.89 bits per heavy atom. The van der Waals surface area contributed by atoms with Crippen LogP contribution in [0.1, 0.15) is 36.9 Å². The molecule has 3 aromatic rings. The molecule has 0 aromatic carbocycles. The van der Waals surface area contributed by atoms with Crippen molar-refractivity contribution in [3.63, 3.8) is 0 Å². The number of hydrogen-bond acceptors (Lipinski definition) is 8. The number of nitrogens with one attached hydrogen (secondary N) is 1. The van der Waals surface area contributed by atoms with E-state index in [0.717, 1.165) is 24.2 Å². The van der Waals surface area contributed by atoms with Crippen LogP contribution in [0.2, 0.25) is 0 Å². The first-order valence-electron chi connectivity index (χ1n) is 8.87. The van der Waals surface area contributed by atoms with E-state index in [1.54, 1.807) is 12.4 Å². The number of aryl methyl sites for hydroxylation is 1. The van der Waals surface area contributed by atoms with E-state index < -0.39 is 0 Å². The van der Waals surface area contributed by atoms with Crippen LogP contribution >= 0.6 is 0 Å². The molecule has 1 aliphatic heterocycles. The zero-order chi connectivity index (χ0) is 18.6. The minimum atomic E-state index is 0.0895. The summed E-state index contributed by atoms with van der Waals surface area (Å²) in [5, 5.41) is 10.7. The van der Waals surface area contributed by atoms with E-state index in [1.165, 1.54) is 0 Å². The van der Waals surface area contributed by atoms with Gasteiger partial charge >= 0.3 is 0 Å². The first-order valence-corrected chi connectivity index (χ1v) is 8.87. The lowest BCUT2D eigenvalue weighted by molar-refractivity contribution is -0.132. The van der Waals surface area contributed by atoms with Gasteiger partial charge in [-0.15, -0.1) is 5.10 Å². The zero-order valence-electron chi connectivity index (χ0n) is 14.7. The highest BCUT2D eigenvalue weighted by atomic mass is 16.5. The van der Waals surface area contributed by atoms with Crippen LogP contribution < -0.4 is 5.73 Å². The van der Waals surface area contributed by atoms with E-state index in [0.29, 0.717) is 37.6 Å². The number of pyridine rings is 1. The number of anilines is 1. The summed E-state index contributed by atoms with van der Waals surface area (Å²) in [5.41, 5.74) is 6.34. The monoisotopic (exact) mass is 368 g/mol. The smallest absolute Gasteiger partial charge is 0.239 e. The summed E-state index contributed by atoms with van der Waals surface area (Å²) in [4.78, 5) is 26.9. The molecule has 1 saturated heterocycles. The van der Waals surface area contributed by atoms with Crippen molar-refractivity contribution in [2.75, 3.05) is 18.8 Å². The normalized spacial score (nSPS) is 15.2. The fourth-order valence-corrected chi connectivity index (χ4v) is 3.21. The summed E-state index contributed by atoms with van der Waals surface area (Å²) < 4.78 is 5.24. The number of hydrogen-bond donors (Lipinski definition) is 2. The molecule has 1 fully saturated rings. The fourth-order valence-electron chi connectivity index (χ4n) is 3.21. The molecule has 0 atom stereocenters. The first kappa shape index (κ1) is 17.1. The number of carbonyl (C=O) groups excluding carboxylic acids is 1. The van der Waals surface area contributed by atoms with Gasteiger partial charge in [-0.2, -0.15) is 9.97 Å². The Morgan fingerprint density at radius 2 is 2.19 bits per heavy atom. The van der Waals surface area contributed by atoms with Crippen molar-refractivity contribution in [1.82, 2.24) is 35.2 Å². The molecule has 3 N–H and O–H groups in total. The van der Waals surface area contributed by atoms with E-state index >= 15 is 0 Å². The number of nitrogen functional groups attached to an aromatic ring is 1. The lowest BCUT2D eigenvalue weighted by Crippen LogP contribution is -2.38. The molecule has 1 amide bonds. The van der Waals surface area contributed by atoms with Gasteiger partial charge in [-0.25, -0.2) is 0 Å². The molecule has 1 aliphatic rings. The van der Waals surface area contributed by atoms with Gasteiger partial charge in [0.1, 0.15) is 5.82 Å². The molecule has 0 bridgehead atoms. The molecule has 4 heterocycles. The van der Waals surface area contributed by atoms with Crippen LogP contribution in [0.3, 0.4) is 0 Å². The third-order valence-corrected chi connectivity index (χ3v) is 4.69. The highest BCUT2D eigenvalue weighted by molar-refractivity contribution is 5.76. The number of rotatable bonds is 5. The summed E-state index contributed by atoms with van der Waals surface area (Å²) in [6.45, 7) is 1.38. The van der Waals surface area contributed by atoms with Gasteiger partial charge in [0.25, 0.3) is 0 Å². The Kier molecular flexibility index (Phi) is 4.77. The van der Waals surface area contributed by atoms with Crippen molar-refractivity contribution in [1.29, 1.82) is 0 Å². The van der Waals surface area contributed by atoms with E-state index in [2.05, 4.69) is 30.3 Å². The standard InChI is InChI=1S/C17H20N8O2/c18-17-21-15(22-23-17)11-5-8-25(9-6-11)14(26)4-3-13-20-16(24-27-13)12-2-1-7-19-10-12/h1-2,7,10-11H,3-6,8-9H2,(H3,18,21,22,23). The second-order valence-corrected chi connectivity index (χ2v) is 6.49. The average Bonchev–Trinajstić information content (AvgIpc) is 3.36. The summed E-state index contributed by atoms with van der Waals surface area (Å²) in [6.07, 6.45) is 5.80. The third-order valence-electron chi connectivity index (χ3n) is 4.69. The highest BCUT2D eigenvalue weighted by Gasteiger charge is 2.26.